The molecule has 0 radical (unpaired) electrons. The lowest BCUT2D eigenvalue weighted by Gasteiger charge is -2.33. The molecule has 0 amide bonds. The van der Waals surface area contributed by atoms with Gasteiger partial charge in [-0.2, -0.15) is 0 Å². The lowest BCUT2D eigenvalue weighted by atomic mass is 10.0. The molecule has 0 bridgehead atoms. The van der Waals surface area contributed by atoms with E-state index in [1.54, 1.807) is 0 Å². The van der Waals surface area contributed by atoms with Crippen LogP contribution in [0.3, 0.4) is 0 Å². The molecule has 5 heteroatoms. The first-order valence-electron chi connectivity index (χ1n) is 10.3. The van der Waals surface area contributed by atoms with Crippen LogP contribution in [-0.2, 0) is 13.1 Å². The molecule has 1 aromatic heterocycles. The van der Waals surface area contributed by atoms with E-state index in [0.717, 1.165) is 43.4 Å². The van der Waals surface area contributed by atoms with Crippen LogP contribution in [0.4, 0.5) is 5.69 Å². The summed E-state index contributed by atoms with van der Waals surface area (Å²) in [5, 5.41) is 5.08. The second-order valence-corrected chi connectivity index (χ2v) is 7.74. The summed E-state index contributed by atoms with van der Waals surface area (Å²) in [6, 6.07) is 15.3. The molecule has 3 heterocycles. The summed E-state index contributed by atoms with van der Waals surface area (Å²) in [6.07, 6.45) is 4.75. The molecule has 28 heavy (non-hydrogen) atoms. The molecule has 0 aliphatic carbocycles. The fourth-order valence-electron chi connectivity index (χ4n) is 4.49. The van der Waals surface area contributed by atoms with Gasteiger partial charge in [0.05, 0.1) is 0 Å². The minimum atomic E-state index is 0.321. The van der Waals surface area contributed by atoms with Crippen molar-refractivity contribution in [3.63, 3.8) is 0 Å². The van der Waals surface area contributed by atoms with Gasteiger partial charge in [-0.3, -0.25) is 4.90 Å². The van der Waals surface area contributed by atoms with Gasteiger partial charge < -0.3 is 19.4 Å². The molecule has 1 saturated heterocycles. The third-order valence-corrected chi connectivity index (χ3v) is 5.85. The Balaban J connectivity index is 1.29. The molecule has 5 rings (SSSR count). The van der Waals surface area contributed by atoms with Crippen molar-refractivity contribution in [3.05, 3.63) is 54.2 Å². The van der Waals surface area contributed by atoms with E-state index in [1.807, 2.05) is 6.07 Å². The van der Waals surface area contributed by atoms with Gasteiger partial charge in [-0.05, 0) is 50.1 Å². The minimum Gasteiger partial charge on any atom is -0.454 e. The Morgan fingerprint density at radius 3 is 2.93 bits per heavy atom. The fourth-order valence-corrected chi connectivity index (χ4v) is 4.49. The van der Waals surface area contributed by atoms with Gasteiger partial charge in [-0.15, -0.1) is 0 Å². The van der Waals surface area contributed by atoms with Crippen LogP contribution >= 0.6 is 0 Å². The zero-order chi connectivity index (χ0) is 18.9. The van der Waals surface area contributed by atoms with Crippen LogP contribution in [-0.4, -0.2) is 35.4 Å². The van der Waals surface area contributed by atoms with E-state index in [4.69, 9.17) is 9.47 Å². The number of ether oxygens (including phenoxy) is 2. The highest BCUT2D eigenvalue weighted by Crippen LogP contribution is 2.34. The largest absolute Gasteiger partial charge is 0.454 e. The predicted octanol–water partition coefficient (Wildman–Crippen LogP) is 4.47. The molecule has 0 spiro atoms. The van der Waals surface area contributed by atoms with Crippen molar-refractivity contribution in [2.24, 2.45) is 0 Å². The van der Waals surface area contributed by atoms with Crippen molar-refractivity contribution >= 4 is 16.6 Å². The summed E-state index contributed by atoms with van der Waals surface area (Å²) in [5.41, 5.74) is 3.88. The van der Waals surface area contributed by atoms with Crippen LogP contribution in [0.25, 0.3) is 10.9 Å². The number of para-hydroxylation sites is 1. The number of rotatable bonds is 5. The number of aryl methyl sites for hydroxylation is 1. The number of nitrogens with one attached hydrogen (secondary N) is 1. The van der Waals surface area contributed by atoms with Crippen molar-refractivity contribution < 1.29 is 9.47 Å². The summed E-state index contributed by atoms with van der Waals surface area (Å²) >= 11 is 0. The SMILES string of the molecule is CCn1cc(CN2CCC[C@@H](Nc3ccc4c(c3)OCO4)C2)c2ccccc21. The normalized spacial score (nSPS) is 19.2. The van der Waals surface area contributed by atoms with Crippen LogP contribution in [0.2, 0.25) is 0 Å². The number of nitrogens with zero attached hydrogens (tertiary/aromatic N) is 2. The maximum atomic E-state index is 5.51. The fraction of sp³-hybridized carbons (Fsp3) is 0.391. The molecular formula is C23H27N3O2. The van der Waals surface area contributed by atoms with Crippen molar-refractivity contribution in [1.82, 2.24) is 9.47 Å². The zero-order valence-electron chi connectivity index (χ0n) is 16.4. The number of piperidine rings is 1. The van der Waals surface area contributed by atoms with Gasteiger partial charge in [0.1, 0.15) is 0 Å². The van der Waals surface area contributed by atoms with Crippen LogP contribution in [0.15, 0.2) is 48.7 Å². The van der Waals surface area contributed by atoms with Gasteiger partial charge in [-0.1, -0.05) is 18.2 Å². The quantitative estimate of drug-likeness (QED) is 0.712. The van der Waals surface area contributed by atoms with Crippen molar-refractivity contribution in [2.75, 3.05) is 25.2 Å². The van der Waals surface area contributed by atoms with E-state index in [2.05, 4.69) is 64.3 Å². The van der Waals surface area contributed by atoms with Crippen molar-refractivity contribution in [3.8, 4) is 11.5 Å². The van der Waals surface area contributed by atoms with E-state index in [0.29, 0.717) is 12.8 Å². The number of anilines is 1. The number of benzene rings is 2. The number of hydrogen-bond acceptors (Lipinski definition) is 4. The standard InChI is InChI=1S/C23H27N3O2/c1-2-26-14-17(20-7-3-4-8-21(20)26)13-25-11-5-6-19(15-25)24-18-9-10-22-23(12-18)28-16-27-22/h3-4,7-10,12,14,19,24H,2,5-6,11,13,15-16H2,1H3/t19-/m1/s1. The molecule has 5 nitrogen and oxygen atoms in total. The molecule has 1 N–H and O–H groups in total. The van der Waals surface area contributed by atoms with Crippen molar-refractivity contribution in [1.29, 1.82) is 0 Å². The third-order valence-electron chi connectivity index (χ3n) is 5.85. The second-order valence-electron chi connectivity index (χ2n) is 7.74. The van der Waals surface area contributed by atoms with E-state index >= 15 is 0 Å². The predicted molar refractivity (Wildman–Crippen MR) is 112 cm³/mol. The third kappa shape index (κ3) is 3.31. The summed E-state index contributed by atoms with van der Waals surface area (Å²) in [6.45, 7) is 6.76. The van der Waals surface area contributed by atoms with Crippen LogP contribution in [0.1, 0.15) is 25.3 Å². The highest BCUT2D eigenvalue weighted by molar-refractivity contribution is 5.83. The van der Waals surface area contributed by atoms with E-state index in [9.17, 15) is 0 Å². The molecule has 0 unspecified atom stereocenters. The first kappa shape index (κ1) is 17.4. The molecule has 0 saturated carbocycles. The summed E-state index contributed by atoms with van der Waals surface area (Å²) in [4.78, 5) is 2.58. The highest BCUT2D eigenvalue weighted by atomic mass is 16.7. The van der Waals surface area contributed by atoms with Crippen LogP contribution < -0.4 is 14.8 Å². The number of aromatic nitrogens is 1. The smallest absolute Gasteiger partial charge is 0.231 e. The lowest BCUT2D eigenvalue weighted by molar-refractivity contribution is 0.174. The zero-order valence-corrected chi connectivity index (χ0v) is 16.4. The van der Waals surface area contributed by atoms with Gasteiger partial charge in [0, 0.05) is 54.5 Å². The lowest BCUT2D eigenvalue weighted by Crippen LogP contribution is -2.41. The Bertz CT molecular complexity index is 981. The molecular weight excluding hydrogens is 350 g/mol. The average Bonchev–Trinajstić information content (AvgIpc) is 3.33. The highest BCUT2D eigenvalue weighted by Gasteiger charge is 2.22. The second kappa shape index (κ2) is 7.40. The molecule has 146 valence electrons. The van der Waals surface area contributed by atoms with Gasteiger partial charge in [0.15, 0.2) is 11.5 Å². The van der Waals surface area contributed by atoms with Gasteiger partial charge in [0.2, 0.25) is 6.79 Å². The van der Waals surface area contributed by atoms with Crippen LogP contribution in [0, 0.1) is 0 Å². The van der Waals surface area contributed by atoms with Gasteiger partial charge in [0.25, 0.3) is 0 Å². The summed E-state index contributed by atoms with van der Waals surface area (Å²) in [5.74, 6) is 1.67. The summed E-state index contributed by atoms with van der Waals surface area (Å²) in [7, 11) is 0. The maximum absolute atomic E-state index is 5.51. The Labute approximate surface area is 165 Å². The van der Waals surface area contributed by atoms with Gasteiger partial charge in [-0.25, -0.2) is 0 Å². The van der Waals surface area contributed by atoms with E-state index in [-0.39, 0.29) is 0 Å². The minimum absolute atomic E-state index is 0.321. The number of hydrogen-bond donors (Lipinski definition) is 1. The number of fused-ring (bicyclic) bond motifs is 2. The molecule has 2 aliphatic heterocycles. The Hall–Kier alpha value is -2.66. The Kier molecular flexibility index (Phi) is 4.61. The topological polar surface area (TPSA) is 38.7 Å². The molecule has 1 fully saturated rings. The molecule has 2 aromatic carbocycles. The Morgan fingerprint density at radius 2 is 2.00 bits per heavy atom. The monoisotopic (exact) mass is 377 g/mol. The van der Waals surface area contributed by atoms with Gasteiger partial charge >= 0.3 is 0 Å². The molecule has 3 aromatic rings. The molecule has 2 aliphatic rings. The summed E-state index contributed by atoms with van der Waals surface area (Å²) < 4.78 is 13.3. The number of likely N-dealkylation sites (tertiary alicyclic amines) is 1. The first-order chi connectivity index (χ1) is 13.8. The van der Waals surface area contributed by atoms with Crippen molar-refractivity contribution in [2.45, 2.75) is 38.9 Å². The van der Waals surface area contributed by atoms with E-state index < -0.39 is 0 Å². The Morgan fingerprint density at radius 1 is 1.11 bits per heavy atom. The average molecular weight is 377 g/mol. The van der Waals surface area contributed by atoms with Crippen LogP contribution in [0.5, 0.6) is 11.5 Å². The first-order valence-corrected chi connectivity index (χ1v) is 10.3. The van der Waals surface area contributed by atoms with E-state index in [1.165, 1.54) is 29.3 Å². The molecule has 1 atom stereocenters. The maximum Gasteiger partial charge on any atom is 0.231 e.